The van der Waals surface area contributed by atoms with Gasteiger partial charge >= 0.3 is 0 Å². The Labute approximate surface area is 103 Å². The molecule has 1 aromatic rings. The molecule has 2 nitrogen and oxygen atoms in total. The van der Waals surface area contributed by atoms with Gasteiger partial charge in [-0.2, -0.15) is 0 Å². The van der Waals surface area contributed by atoms with Gasteiger partial charge in [-0.05, 0) is 37.0 Å². The second-order valence-corrected chi connectivity index (χ2v) is 4.07. The molecule has 0 spiro atoms. The van der Waals surface area contributed by atoms with Crippen LogP contribution in [0.2, 0.25) is 0 Å². The highest BCUT2D eigenvalue weighted by Gasteiger charge is 2.00. The maximum Gasteiger partial charge on any atom is 0.151 e. The molecular weight excluding hydrogens is 210 g/mol. The van der Waals surface area contributed by atoms with Crippen molar-refractivity contribution in [3.05, 3.63) is 48.3 Å². The standard InChI is InChI=1S/C15H19NO/c1-3-6-13(4-2)7-5-8-15-10-9-14(12-17)11-16-15/h3,5,8-13H,1,4,6-7H2,2H3. The zero-order valence-electron chi connectivity index (χ0n) is 10.3. The molecule has 0 fully saturated rings. The molecule has 1 heterocycles. The van der Waals surface area contributed by atoms with Crippen molar-refractivity contribution < 1.29 is 4.79 Å². The topological polar surface area (TPSA) is 30.0 Å². The smallest absolute Gasteiger partial charge is 0.151 e. The molecule has 0 aliphatic heterocycles. The van der Waals surface area contributed by atoms with Crippen LogP contribution in [0.3, 0.4) is 0 Å². The van der Waals surface area contributed by atoms with Gasteiger partial charge in [0.1, 0.15) is 0 Å². The van der Waals surface area contributed by atoms with Crippen LogP contribution in [0, 0.1) is 5.92 Å². The number of pyridine rings is 1. The third-order valence-corrected chi connectivity index (χ3v) is 2.78. The van der Waals surface area contributed by atoms with E-state index in [2.05, 4.69) is 24.6 Å². The lowest BCUT2D eigenvalue weighted by Gasteiger charge is -2.08. The van der Waals surface area contributed by atoms with E-state index in [0.29, 0.717) is 11.5 Å². The van der Waals surface area contributed by atoms with Crippen molar-refractivity contribution in [2.45, 2.75) is 26.2 Å². The highest BCUT2D eigenvalue weighted by Crippen LogP contribution is 2.14. The Morgan fingerprint density at radius 2 is 2.24 bits per heavy atom. The van der Waals surface area contributed by atoms with Gasteiger partial charge in [-0.1, -0.05) is 25.5 Å². The molecule has 1 atom stereocenters. The molecule has 17 heavy (non-hydrogen) atoms. The monoisotopic (exact) mass is 229 g/mol. The summed E-state index contributed by atoms with van der Waals surface area (Å²) in [7, 11) is 0. The molecule has 1 rings (SSSR count). The van der Waals surface area contributed by atoms with Gasteiger partial charge in [0.15, 0.2) is 6.29 Å². The minimum atomic E-state index is 0.611. The SMILES string of the molecule is C=CCC(CC)CC=Cc1ccc(C=O)cn1. The Kier molecular flexibility index (Phi) is 5.94. The summed E-state index contributed by atoms with van der Waals surface area (Å²) in [6.45, 7) is 5.96. The molecule has 0 bridgehead atoms. The lowest BCUT2D eigenvalue weighted by Crippen LogP contribution is -1.94. The van der Waals surface area contributed by atoms with E-state index in [-0.39, 0.29) is 0 Å². The van der Waals surface area contributed by atoms with Crippen molar-refractivity contribution in [2.24, 2.45) is 5.92 Å². The molecule has 1 unspecified atom stereocenters. The average Bonchev–Trinajstić information content (AvgIpc) is 2.38. The van der Waals surface area contributed by atoms with Crippen molar-refractivity contribution >= 4 is 12.4 Å². The lowest BCUT2D eigenvalue weighted by atomic mass is 9.98. The molecule has 0 radical (unpaired) electrons. The van der Waals surface area contributed by atoms with Crippen molar-refractivity contribution in [1.82, 2.24) is 4.98 Å². The van der Waals surface area contributed by atoms with Crippen LogP contribution in [0.5, 0.6) is 0 Å². The number of carbonyl (C=O) groups is 1. The maximum absolute atomic E-state index is 10.5. The molecule has 90 valence electrons. The summed E-state index contributed by atoms with van der Waals surface area (Å²) in [5.74, 6) is 0.665. The molecule has 0 N–H and O–H groups in total. The predicted molar refractivity (Wildman–Crippen MR) is 71.9 cm³/mol. The summed E-state index contributed by atoms with van der Waals surface area (Å²) in [6, 6.07) is 3.63. The zero-order chi connectivity index (χ0) is 12.5. The Hall–Kier alpha value is -1.70. The first kappa shape index (κ1) is 13.4. The fourth-order valence-electron chi connectivity index (χ4n) is 1.63. The Balaban J connectivity index is 2.51. The van der Waals surface area contributed by atoms with Gasteiger partial charge in [-0.25, -0.2) is 0 Å². The number of carbonyl (C=O) groups excluding carboxylic acids is 1. The fourth-order valence-corrected chi connectivity index (χ4v) is 1.63. The molecule has 0 saturated carbocycles. The molecule has 0 aliphatic carbocycles. The number of aldehydes is 1. The van der Waals surface area contributed by atoms with E-state index in [1.165, 1.54) is 0 Å². The van der Waals surface area contributed by atoms with E-state index >= 15 is 0 Å². The third kappa shape index (κ3) is 4.77. The molecule has 0 aliphatic rings. The summed E-state index contributed by atoms with van der Waals surface area (Å²) in [5, 5.41) is 0. The van der Waals surface area contributed by atoms with Crippen LogP contribution in [0.1, 0.15) is 42.2 Å². The van der Waals surface area contributed by atoms with E-state index < -0.39 is 0 Å². The van der Waals surface area contributed by atoms with E-state index in [0.717, 1.165) is 31.2 Å². The number of nitrogens with zero attached hydrogens (tertiary/aromatic N) is 1. The summed E-state index contributed by atoms with van der Waals surface area (Å²) in [4.78, 5) is 14.6. The number of aromatic nitrogens is 1. The van der Waals surface area contributed by atoms with Crippen LogP contribution in [0.4, 0.5) is 0 Å². The van der Waals surface area contributed by atoms with Crippen LogP contribution < -0.4 is 0 Å². The number of hydrogen-bond acceptors (Lipinski definition) is 2. The zero-order valence-corrected chi connectivity index (χ0v) is 10.3. The van der Waals surface area contributed by atoms with Gasteiger partial charge in [0.25, 0.3) is 0 Å². The van der Waals surface area contributed by atoms with Gasteiger partial charge in [0.2, 0.25) is 0 Å². The highest BCUT2D eigenvalue weighted by molar-refractivity contribution is 5.74. The predicted octanol–water partition coefficient (Wildman–Crippen LogP) is 3.90. The van der Waals surface area contributed by atoms with Crippen LogP contribution in [-0.4, -0.2) is 11.3 Å². The number of rotatable bonds is 7. The van der Waals surface area contributed by atoms with Crippen molar-refractivity contribution in [3.63, 3.8) is 0 Å². The van der Waals surface area contributed by atoms with Gasteiger partial charge in [-0.3, -0.25) is 9.78 Å². The normalized spacial score (nSPS) is 12.5. The van der Waals surface area contributed by atoms with Crippen LogP contribution in [0.15, 0.2) is 37.1 Å². The van der Waals surface area contributed by atoms with Crippen LogP contribution in [-0.2, 0) is 0 Å². The summed E-state index contributed by atoms with van der Waals surface area (Å²) < 4.78 is 0. The van der Waals surface area contributed by atoms with Gasteiger partial charge in [0.05, 0.1) is 5.69 Å². The van der Waals surface area contributed by atoms with E-state index in [9.17, 15) is 4.79 Å². The molecular formula is C15H19NO. The van der Waals surface area contributed by atoms with Gasteiger partial charge < -0.3 is 0 Å². The number of allylic oxidation sites excluding steroid dienone is 2. The molecule has 0 aromatic carbocycles. The first-order valence-electron chi connectivity index (χ1n) is 5.98. The van der Waals surface area contributed by atoms with E-state index in [1.807, 2.05) is 18.2 Å². The molecule has 1 aromatic heterocycles. The van der Waals surface area contributed by atoms with E-state index in [4.69, 9.17) is 0 Å². The maximum atomic E-state index is 10.5. The van der Waals surface area contributed by atoms with Crippen molar-refractivity contribution in [3.8, 4) is 0 Å². The molecule has 0 amide bonds. The van der Waals surface area contributed by atoms with Gasteiger partial charge in [0, 0.05) is 11.8 Å². The second kappa shape index (κ2) is 7.55. The van der Waals surface area contributed by atoms with E-state index in [1.54, 1.807) is 12.3 Å². The summed E-state index contributed by atoms with van der Waals surface area (Å²) in [5.41, 5.74) is 1.50. The highest BCUT2D eigenvalue weighted by atomic mass is 16.1. The quantitative estimate of drug-likeness (QED) is 0.524. The van der Waals surface area contributed by atoms with Crippen LogP contribution in [0.25, 0.3) is 6.08 Å². The minimum Gasteiger partial charge on any atom is -0.298 e. The fraction of sp³-hybridized carbons (Fsp3) is 0.333. The van der Waals surface area contributed by atoms with Crippen LogP contribution >= 0.6 is 0 Å². The largest absolute Gasteiger partial charge is 0.298 e. The van der Waals surface area contributed by atoms with Gasteiger partial charge in [-0.15, -0.1) is 6.58 Å². The summed E-state index contributed by atoms with van der Waals surface area (Å²) >= 11 is 0. The lowest BCUT2D eigenvalue weighted by molar-refractivity contribution is 0.112. The Morgan fingerprint density at radius 1 is 1.41 bits per heavy atom. The number of hydrogen-bond donors (Lipinski definition) is 0. The van der Waals surface area contributed by atoms with Crippen molar-refractivity contribution in [1.29, 1.82) is 0 Å². The minimum absolute atomic E-state index is 0.611. The Bertz CT molecular complexity index is 378. The second-order valence-electron chi connectivity index (χ2n) is 4.07. The average molecular weight is 229 g/mol. The summed E-state index contributed by atoms with van der Waals surface area (Å²) in [6.07, 6.45) is 11.8. The third-order valence-electron chi connectivity index (χ3n) is 2.78. The molecule has 2 heteroatoms. The van der Waals surface area contributed by atoms with Crippen molar-refractivity contribution in [2.75, 3.05) is 0 Å². The first-order valence-corrected chi connectivity index (χ1v) is 5.98. The molecule has 0 saturated heterocycles. The Morgan fingerprint density at radius 3 is 2.76 bits per heavy atom. The first-order chi connectivity index (χ1) is 8.30.